The molecule has 0 spiro atoms. The van der Waals surface area contributed by atoms with Crippen molar-refractivity contribution in [2.75, 3.05) is 5.32 Å². The molecular formula is C16H21N3O. The number of hydrogen-bond donors (Lipinski definition) is 1. The van der Waals surface area contributed by atoms with E-state index in [0.29, 0.717) is 11.9 Å². The first-order valence-electron chi connectivity index (χ1n) is 7.40. The number of nitrogens with one attached hydrogen (secondary N) is 1. The van der Waals surface area contributed by atoms with Gasteiger partial charge < -0.3 is 9.73 Å². The monoisotopic (exact) mass is 271 g/mol. The highest BCUT2D eigenvalue weighted by atomic mass is 16.4. The van der Waals surface area contributed by atoms with E-state index < -0.39 is 0 Å². The van der Waals surface area contributed by atoms with Gasteiger partial charge >= 0.3 is 0 Å². The van der Waals surface area contributed by atoms with Crippen LogP contribution in [0, 0.1) is 12.8 Å². The van der Waals surface area contributed by atoms with Gasteiger partial charge in [0.2, 0.25) is 12.3 Å². The number of aryl methyl sites for hydroxylation is 1. The van der Waals surface area contributed by atoms with Crippen molar-refractivity contribution in [2.45, 2.75) is 45.6 Å². The number of rotatable bonds is 4. The topological polar surface area (TPSA) is 51.0 Å². The van der Waals surface area contributed by atoms with Gasteiger partial charge in [0.1, 0.15) is 0 Å². The fourth-order valence-corrected chi connectivity index (χ4v) is 3.05. The highest BCUT2D eigenvalue weighted by Crippen LogP contribution is 2.31. The summed E-state index contributed by atoms with van der Waals surface area (Å²) in [7, 11) is 0. The van der Waals surface area contributed by atoms with Gasteiger partial charge in [0.15, 0.2) is 0 Å². The van der Waals surface area contributed by atoms with Crippen LogP contribution in [0.2, 0.25) is 0 Å². The molecule has 2 atom stereocenters. The van der Waals surface area contributed by atoms with Crippen LogP contribution in [0.25, 0.3) is 11.5 Å². The van der Waals surface area contributed by atoms with Crippen molar-refractivity contribution in [3.05, 3.63) is 30.2 Å². The van der Waals surface area contributed by atoms with E-state index in [-0.39, 0.29) is 0 Å². The molecule has 1 aliphatic carbocycles. The van der Waals surface area contributed by atoms with E-state index in [4.69, 9.17) is 4.42 Å². The predicted octanol–water partition coefficient (Wildman–Crippen LogP) is 4.04. The zero-order chi connectivity index (χ0) is 13.9. The van der Waals surface area contributed by atoms with Crippen molar-refractivity contribution in [3.8, 4) is 11.5 Å². The second kappa shape index (κ2) is 5.65. The Kier molecular flexibility index (Phi) is 3.72. The van der Waals surface area contributed by atoms with Crippen molar-refractivity contribution >= 4 is 5.69 Å². The Labute approximate surface area is 119 Å². The Morgan fingerprint density at radius 1 is 1.35 bits per heavy atom. The van der Waals surface area contributed by atoms with Gasteiger partial charge in [0, 0.05) is 17.3 Å². The molecule has 4 heteroatoms. The van der Waals surface area contributed by atoms with Crippen molar-refractivity contribution in [1.29, 1.82) is 0 Å². The van der Waals surface area contributed by atoms with Crippen molar-refractivity contribution < 1.29 is 4.42 Å². The molecule has 1 aliphatic rings. The predicted molar refractivity (Wildman–Crippen MR) is 79.5 cm³/mol. The fraction of sp³-hybridized carbons (Fsp3) is 0.500. The first-order valence-corrected chi connectivity index (χ1v) is 7.40. The van der Waals surface area contributed by atoms with Crippen LogP contribution in [0.1, 0.15) is 38.2 Å². The first kappa shape index (κ1) is 13.2. The summed E-state index contributed by atoms with van der Waals surface area (Å²) in [5, 5.41) is 11.3. The molecule has 4 nitrogen and oxygen atoms in total. The molecule has 1 aromatic heterocycles. The Bertz CT molecular complexity index is 565. The highest BCUT2D eigenvalue weighted by Gasteiger charge is 2.23. The maximum absolute atomic E-state index is 5.23. The lowest BCUT2D eigenvalue weighted by atomic mass is 10.0. The molecule has 2 aromatic rings. The van der Waals surface area contributed by atoms with Crippen LogP contribution >= 0.6 is 0 Å². The molecule has 0 bridgehead atoms. The number of anilines is 1. The van der Waals surface area contributed by atoms with Crippen molar-refractivity contribution in [1.82, 2.24) is 10.2 Å². The second-order valence-electron chi connectivity index (χ2n) is 5.70. The number of aromatic nitrogens is 2. The number of hydrogen-bond acceptors (Lipinski definition) is 4. The molecule has 20 heavy (non-hydrogen) atoms. The molecule has 1 N–H and O–H groups in total. The average Bonchev–Trinajstić information content (AvgIpc) is 3.12. The van der Waals surface area contributed by atoms with E-state index in [1.807, 2.05) is 6.07 Å². The molecule has 1 heterocycles. The van der Waals surface area contributed by atoms with Gasteiger partial charge in [-0.1, -0.05) is 13.3 Å². The fourth-order valence-electron chi connectivity index (χ4n) is 3.05. The molecule has 106 valence electrons. The Morgan fingerprint density at radius 2 is 2.25 bits per heavy atom. The molecule has 1 aromatic carbocycles. The molecule has 0 saturated heterocycles. The van der Waals surface area contributed by atoms with E-state index in [2.05, 4.69) is 41.5 Å². The van der Waals surface area contributed by atoms with Crippen molar-refractivity contribution in [3.63, 3.8) is 0 Å². The average molecular weight is 271 g/mol. The van der Waals surface area contributed by atoms with Crippen LogP contribution in [-0.2, 0) is 0 Å². The molecule has 2 unspecified atom stereocenters. The van der Waals surface area contributed by atoms with E-state index in [1.54, 1.807) is 0 Å². The Balaban J connectivity index is 1.72. The van der Waals surface area contributed by atoms with Crippen LogP contribution in [0.15, 0.2) is 29.0 Å². The molecule has 0 amide bonds. The third-order valence-corrected chi connectivity index (χ3v) is 4.31. The van der Waals surface area contributed by atoms with E-state index in [9.17, 15) is 0 Å². The minimum absolute atomic E-state index is 0.576. The third-order valence-electron chi connectivity index (χ3n) is 4.31. The SMILES string of the molecule is CCC1CCC(Nc2ccc(-c3nnco3)cc2C)C1. The summed E-state index contributed by atoms with van der Waals surface area (Å²) in [4.78, 5) is 0. The van der Waals surface area contributed by atoms with Crippen LogP contribution in [0.5, 0.6) is 0 Å². The molecular weight excluding hydrogens is 250 g/mol. The lowest BCUT2D eigenvalue weighted by Gasteiger charge is -2.16. The molecule has 0 aliphatic heterocycles. The summed E-state index contributed by atoms with van der Waals surface area (Å²) in [6.07, 6.45) is 6.59. The van der Waals surface area contributed by atoms with Crippen LogP contribution in [-0.4, -0.2) is 16.2 Å². The Hall–Kier alpha value is -1.84. The van der Waals surface area contributed by atoms with Gasteiger partial charge in [-0.25, -0.2) is 0 Å². The van der Waals surface area contributed by atoms with Crippen LogP contribution in [0.3, 0.4) is 0 Å². The van der Waals surface area contributed by atoms with Crippen molar-refractivity contribution in [2.24, 2.45) is 5.92 Å². The van der Waals surface area contributed by atoms with Gasteiger partial charge in [0.05, 0.1) is 0 Å². The van der Waals surface area contributed by atoms with Gasteiger partial charge in [0.25, 0.3) is 0 Å². The normalized spacial score (nSPS) is 22.1. The minimum atomic E-state index is 0.576. The van der Waals surface area contributed by atoms with E-state index in [0.717, 1.165) is 11.5 Å². The third kappa shape index (κ3) is 2.69. The number of nitrogens with zero attached hydrogens (tertiary/aromatic N) is 2. The maximum Gasteiger partial charge on any atom is 0.247 e. The summed E-state index contributed by atoms with van der Waals surface area (Å²) < 4.78 is 5.23. The van der Waals surface area contributed by atoms with Gasteiger partial charge in [-0.3, -0.25) is 0 Å². The number of benzene rings is 1. The summed E-state index contributed by atoms with van der Waals surface area (Å²) in [6.45, 7) is 4.41. The minimum Gasteiger partial charge on any atom is -0.423 e. The van der Waals surface area contributed by atoms with Crippen LogP contribution in [0.4, 0.5) is 5.69 Å². The summed E-state index contributed by atoms with van der Waals surface area (Å²) in [5.74, 6) is 1.47. The summed E-state index contributed by atoms with van der Waals surface area (Å²) >= 11 is 0. The summed E-state index contributed by atoms with van der Waals surface area (Å²) in [5.41, 5.74) is 3.42. The standard InChI is InChI=1S/C16H21N3O/c1-3-12-4-6-14(9-12)18-15-7-5-13(8-11(15)2)16-19-17-10-20-16/h5,7-8,10,12,14,18H,3-4,6,9H2,1-2H3. The summed E-state index contributed by atoms with van der Waals surface area (Å²) in [6, 6.07) is 6.87. The molecule has 1 saturated carbocycles. The molecule has 1 fully saturated rings. The molecule has 3 rings (SSSR count). The largest absolute Gasteiger partial charge is 0.423 e. The van der Waals surface area contributed by atoms with E-state index in [1.165, 1.54) is 43.3 Å². The van der Waals surface area contributed by atoms with Gasteiger partial charge in [-0.2, -0.15) is 0 Å². The Morgan fingerprint density at radius 3 is 2.90 bits per heavy atom. The highest BCUT2D eigenvalue weighted by molar-refractivity contribution is 5.62. The zero-order valence-corrected chi connectivity index (χ0v) is 12.1. The first-order chi connectivity index (χ1) is 9.76. The lowest BCUT2D eigenvalue weighted by molar-refractivity contribution is 0.525. The quantitative estimate of drug-likeness (QED) is 0.912. The lowest BCUT2D eigenvalue weighted by Crippen LogP contribution is -2.16. The van der Waals surface area contributed by atoms with Gasteiger partial charge in [-0.15, -0.1) is 10.2 Å². The van der Waals surface area contributed by atoms with Gasteiger partial charge in [-0.05, 0) is 55.9 Å². The second-order valence-corrected chi connectivity index (χ2v) is 5.70. The maximum atomic E-state index is 5.23. The van der Waals surface area contributed by atoms with Crippen LogP contribution < -0.4 is 5.32 Å². The van der Waals surface area contributed by atoms with E-state index >= 15 is 0 Å². The molecule has 0 radical (unpaired) electrons. The smallest absolute Gasteiger partial charge is 0.247 e. The zero-order valence-electron chi connectivity index (χ0n) is 12.1.